The molecule has 3 saturated carbocycles. The number of ketones is 2. The van der Waals surface area contributed by atoms with Gasteiger partial charge in [0.15, 0.2) is 11.4 Å². The van der Waals surface area contributed by atoms with Crippen LogP contribution in [-0.2, 0) is 19.1 Å². The van der Waals surface area contributed by atoms with Crippen molar-refractivity contribution in [2.24, 2.45) is 28.6 Å². The molecule has 0 aromatic carbocycles. The van der Waals surface area contributed by atoms with Crippen molar-refractivity contribution in [2.75, 3.05) is 6.61 Å². The molecule has 28 heavy (non-hydrogen) atoms. The molecule has 0 aliphatic heterocycles. The molecule has 0 heterocycles. The molecule has 0 spiro atoms. The lowest BCUT2D eigenvalue weighted by Gasteiger charge is -2.59. The number of allylic oxidation sites excluding steroid dienone is 1. The highest BCUT2D eigenvalue weighted by molar-refractivity contribution is 5.92. The summed E-state index contributed by atoms with van der Waals surface area (Å²) in [5.41, 5.74) is -0.222. The Morgan fingerprint density at radius 1 is 1.11 bits per heavy atom. The summed E-state index contributed by atoms with van der Waals surface area (Å²) in [5.74, 6) is 0.746. The third-order valence-corrected chi connectivity index (χ3v) is 8.99. The number of hydrogen-bond donors (Lipinski definition) is 1. The van der Waals surface area contributed by atoms with Crippen LogP contribution in [0.1, 0.15) is 72.1 Å². The van der Waals surface area contributed by atoms with Gasteiger partial charge in [-0.25, -0.2) is 0 Å². The smallest absolute Gasteiger partial charge is 0.303 e. The second-order valence-electron chi connectivity index (χ2n) is 9.97. The average molecular weight is 389 g/mol. The predicted octanol–water partition coefficient (Wildman–Crippen LogP) is 3.38. The summed E-state index contributed by atoms with van der Waals surface area (Å²) in [6.07, 6.45) is 8.59. The van der Waals surface area contributed by atoms with E-state index in [1.807, 2.05) is 6.08 Å². The van der Waals surface area contributed by atoms with E-state index in [4.69, 9.17) is 4.74 Å². The highest BCUT2D eigenvalue weighted by Gasteiger charge is 2.68. The Balaban J connectivity index is 1.70. The van der Waals surface area contributed by atoms with Crippen molar-refractivity contribution in [2.45, 2.75) is 77.7 Å². The molecule has 0 amide bonds. The van der Waals surface area contributed by atoms with Crippen molar-refractivity contribution in [3.8, 4) is 0 Å². The van der Waals surface area contributed by atoms with E-state index in [0.717, 1.165) is 38.5 Å². The molecule has 154 valence electrons. The summed E-state index contributed by atoms with van der Waals surface area (Å²) in [4.78, 5) is 36.7. The minimum atomic E-state index is -1.19. The minimum absolute atomic E-state index is 0.0752. The van der Waals surface area contributed by atoms with Gasteiger partial charge in [0.25, 0.3) is 0 Å². The summed E-state index contributed by atoms with van der Waals surface area (Å²) in [6.45, 7) is 5.20. The summed E-state index contributed by atoms with van der Waals surface area (Å²) >= 11 is 0. The maximum Gasteiger partial charge on any atom is 0.303 e. The van der Waals surface area contributed by atoms with Crippen molar-refractivity contribution in [1.29, 1.82) is 0 Å². The number of carbonyl (C=O) groups excluding carboxylic acids is 3. The Labute approximate surface area is 166 Å². The number of carbonyl (C=O) groups is 3. The van der Waals surface area contributed by atoms with Gasteiger partial charge in [-0.3, -0.25) is 14.4 Å². The van der Waals surface area contributed by atoms with Gasteiger partial charge in [0, 0.05) is 18.8 Å². The van der Waals surface area contributed by atoms with Gasteiger partial charge in [-0.2, -0.15) is 0 Å². The molecule has 0 bridgehead atoms. The van der Waals surface area contributed by atoms with Crippen LogP contribution in [0.25, 0.3) is 0 Å². The van der Waals surface area contributed by atoms with Gasteiger partial charge in [0.1, 0.15) is 6.61 Å². The van der Waals surface area contributed by atoms with E-state index >= 15 is 0 Å². The van der Waals surface area contributed by atoms with Crippen molar-refractivity contribution in [3.05, 3.63) is 11.6 Å². The van der Waals surface area contributed by atoms with Crippen molar-refractivity contribution >= 4 is 17.5 Å². The Bertz CT molecular complexity index is 754. The van der Waals surface area contributed by atoms with E-state index in [1.165, 1.54) is 12.5 Å². The Morgan fingerprint density at radius 2 is 1.82 bits per heavy atom. The third-order valence-electron chi connectivity index (χ3n) is 8.99. The first-order chi connectivity index (χ1) is 13.2. The van der Waals surface area contributed by atoms with Gasteiger partial charge in [0.2, 0.25) is 5.78 Å². The molecule has 0 saturated heterocycles. The van der Waals surface area contributed by atoms with Gasteiger partial charge in [-0.1, -0.05) is 19.4 Å². The van der Waals surface area contributed by atoms with Crippen molar-refractivity contribution in [3.63, 3.8) is 0 Å². The van der Waals surface area contributed by atoms with Crippen LogP contribution in [0.4, 0.5) is 0 Å². The highest BCUT2D eigenvalue weighted by atomic mass is 16.6. The molecular weight excluding hydrogens is 356 g/mol. The summed E-state index contributed by atoms with van der Waals surface area (Å²) < 4.78 is 5.75. The lowest BCUT2D eigenvalue weighted by molar-refractivity contribution is -0.189. The minimum Gasteiger partial charge on any atom is -0.451 e. The fourth-order valence-electron chi connectivity index (χ4n) is 7.61. The Hall–Kier alpha value is -1.49. The van der Waals surface area contributed by atoms with Crippen LogP contribution >= 0.6 is 0 Å². The van der Waals surface area contributed by atoms with E-state index in [1.54, 1.807) is 0 Å². The molecule has 6 unspecified atom stereocenters. The van der Waals surface area contributed by atoms with Crippen LogP contribution in [0.2, 0.25) is 0 Å². The zero-order chi connectivity index (χ0) is 20.3. The van der Waals surface area contributed by atoms with Gasteiger partial charge in [-0.05, 0) is 74.2 Å². The molecule has 1 N–H and O–H groups in total. The van der Waals surface area contributed by atoms with Crippen LogP contribution in [0, 0.1) is 28.6 Å². The van der Waals surface area contributed by atoms with Gasteiger partial charge in [0.05, 0.1) is 0 Å². The summed E-state index contributed by atoms with van der Waals surface area (Å²) in [5, 5.41) is 9.65. The lowest BCUT2D eigenvalue weighted by atomic mass is 9.46. The van der Waals surface area contributed by atoms with Crippen LogP contribution in [0.5, 0.6) is 0 Å². The molecular formula is C23H32O5. The SMILES string of the molecule is CC(=O)OC1(C(=O)CO)CCC2C3CCC4=CC(=O)CCC4(C)C3CCC21C. The normalized spacial score (nSPS) is 44.8. The van der Waals surface area contributed by atoms with Crippen molar-refractivity contribution < 1.29 is 24.2 Å². The average Bonchev–Trinajstić information content (AvgIpc) is 2.94. The van der Waals surface area contributed by atoms with Gasteiger partial charge >= 0.3 is 5.97 Å². The number of ether oxygens (including phenoxy) is 1. The number of Topliss-reactive ketones (excluding diaryl/α,β-unsaturated/α-hetero) is 1. The maximum absolute atomic E-state index is 12.8. The van der Waals surface area contributed by atoms with Crippen LogP contribution < -0.4 is 0 Å². The summed E-state index contributed by atoms with van der Waals surface area (Å²) in [6, 6.07) is 0. The predicted molar refractivity (Wildman–Crippen MR) is 103 cm³/mol. The number of fused-ring (bicyclic) bond motifs is 5. The number of hydrogen-bond acceptors (Lipinski definition) is 5. The Morgan fingerprint density at radius 3 is 2.50 bits per heavy atom. The molecule has 3 fully saturated rings. The summed E-state index contributed by atoms with van der Waals surface area (Å²) in [7, 11) is 0. The second-order valence-corrected chi connectivity index (χ2v) is 9.97. The highest BCUT2D eigenvalue weighted by Crippen LogP contribution is 2.68. The van der Waals surface area contributed by atoms with E-state index in [0.29, 0.717) is 30.6 Å². The lowest BCUT2D eigenvalue weighted by Crippen LogP contribution is -2.59. The fourth-order valence-corrected chi connectivity index (χ4v) is 7.61. The molecule has 5 nitrogen and oxygen atoms in total. The van der Waals surface area contributed by atoms with Crippen LogP contribution in [-0.4, -0.2) is 34.9 Å². The number of aliphatic hydroxyl groups is 1. The zero-order valence-corrected chi connectivity index (χ0v) is 17.3. The fraction of sp³-hybridized carbons (Fsp3) is 0.783. The molecule has 0 aromatic heterocycles. The first-order valence-electron chi connectivity index (χ1n) is 10.8. The van der Waals surface area contributed by atoms with E-state index in [2.05, 4.69) is 13.8 Å². The second kappa shape index (κ2) is 6.51. The number of esters is 1. The maximum atomic E-state index is 12.8. The van der Waals surface area contributed by atoms with Crippen LogP contribution in [0.3, 0.4) is 0 Å². The largest absolute Gasteiger partial charge is 0.451 e. The monoisotopic (exact) mass is 388 g/mol. The van der Waals surface area contributed by atoms with Crippen molar-refractivity contribution in [1.82, 2.24) is 0 Å². The van der Waals surface area contributed by atoms with E-state index in [9.17, 15) is 19.5 Å². The molecule has 4 aliphatic rings. The van der Waals surface area contributed by atoms with Gasteiger partial charge < -0.3 is 9.84 Å². The molecule has 4 rings (SSSR count). The molecule has 0 radical (unpaired) electrons. The first-order valence-corrected chi connectivity index (χ1v) is 10.8. The molecule has 4 aliphatic carbocycles. The molecule has 0 aromatic rings. The van der Waals surface area contributed by atoms with E-state index < -0.39 is 23.6 Å². The van der Waals surface area contributed by atoms with Gasteiger partial charge in [-0.15, -0.1) is 0 Å². The zero-order valence-electron chi connectivity index (χ0n) is 17.3. The quantitative estimate of drug-likeness (QED) is 0.750. The standard InChI is InChI=1S/C23H32O5/c1-14(25)28-23(20(27)13-24)11-8-19-17-5-4-15-12-16(26)6-9-21(15,2)18(17)7-10-22(19,23)3/h12,17-19,24H,4-11,13H2,1-3H3. The Kier molecular flexibility index (Phi) is 4.61. The number of aliphatic hydroxyl groups excluding tert-OH is 1. The number of rotatable bonds is 3. The molecule has 5 heteroatoms. The van der Waals surface area contributed by atoms with Crippen LogP contribution in [0.15, 0.2) is 11.6 Å². The third kappa shape index (κ3) is 2.51. The first kappa shape index (κ1) is 19.8. The van der Waals surface area contributed by atoms with E-state index in [-0.39, 0.29) is 17.0 Å². The molecule has 6 atom stereocenters. The topological polar surface area (TPSA) is 80.7 Å².